The molecule has 2 aromatic rings. The van der Waals surface area contributed by atoms with E-state index in [9.17, 15) is 0 Å². The molecule has 6 nitrogen and oxygen atoms in total. The van der Waals surface area contributed by atoms with Crippen molar-refractivity contribution in [3.05, 3.63) is 17.6 Å². The summed E-state index contributed by atoms with van der Waals surface area (Å²) in [6.07, 6.45) is 1.54. The second kappa shape index (κ2) is 5.38. The number of fused-ring (bicyclic) bond motifs is 1. The van der Waals surface area contributed by atoms with Crippen LogP contribution in [0.5, 0.6) is 0 Å². The largest absolute Gasteiger partial charge is 0.383 e. The Bertz CT molecular complexity index is 616. The number of anilines is 1. The van der Waals surface area contributed by atoms with Gasteiger partial charge in [0.25, 0.3) is 0 Å². The minimum atomic E-state index is 0.570. The maximum atomic E-state index is 5.99. The summed E-state index contributed by atoms with van der Waals surface area (Å²) in [7, 11) is 0. The Morgan fingerprint density at radius 2 is 1.95 bits per heavy atom. The average molecular weight is 275 g/mol. The van der Waals surface area contributed by atoms with Crippen molar-refractivity contribution >= 4 is 16.9 Å². The van der Waals surface area contributed by atoms with Crippen LogP contribution in [-0.2, 0) is 11.3 Å². The summed E-state index contributed by atoms with van der Waals surface area (Å²) >= 11 is 0. The molecule has 0 spiro atoms. The highest BCUT2D eigenvalue weighted by molar-refractivity contribution is 5.90. The summed E-state index contributed by atoms with van der Waals surface area (Å²) in [6, 6.07) is 0. The van der Waals surface area contributed by atoms with Gasteiger partial charge in [0.15, 0.2) is 0 Å². The second-order valence-electron chi connectivity index (χ2n) is 5.27. The average Bonchev–Trinajstić information content (AvgIpc) is 2.71. The second-order valence-corrected chi connectivity index (χ2v) is 5.27. The van der Waals surface area contributed by atoms with E-state index in [1.807, 2.05) is 0 Å². The van der Waals surface area contributed by atoms with Crippen molar-refractivity contribution in [3.8, 4) is 0 Å². The van der Waals surface area contributed by atoms with Gasteiger partial charge in [0.2, 0.25) is 0 Å². The molecule has 0 aromatic carbocycles. The van der Waals surface area contributed by atoms with Crippen molar-refractivity contribution < 1.29 is 4.74 Å². The van der Waals surface area contributed by atoms with E-state index in [-0.39, 0.29) is 0 Å². The lowest BCUT2D eigenvalue weighted by Gasteiger charge is -2.26. The molecule has 1 aliphatic heterocycles. The zero-order chi connectivity index (χ0) is 14.1. The van der Waals surface area contributed by atoms with Gasteiger partial charge in [-0.3, -0.25) is 4.90 Å². The van der Waals surface area contributed by atoms with Gasteiger partial charge >= 0.3 is 0 Å². The molecule has 0 saturated carbocycles. The van der Waals surface area contributed by atoms with Crippen LogP contribution in [0, 0.1) is 13.8 Å². The standard InChI is InChI=1S/C14H21N5O/c1-10-11(2)19(4-3-18-5-7-20-8-6-18)14-12(10)13(15)16-9-17-14/h9H,3-8H2,1-2H3,(H2,15,16,17). The van der Waals surface area contributed by atoms with Crippen molar-refractivity contribution in [2.24, 2.45) is 0 Å². The highest BCUT2D eigenvalue weighted by atomic mass is 16.5. The van der Waals surface area contributed by atoms with Crippen LogP contribution in [0.15, 0.2) is 6.33 Å². The zero-order valence-electron chi connectivity index (χ0n) is 12.1. The molecule has 20 heavy (non-hydrogen) atoms. The number of aromatic nitrogens is 3. The summed E-state index contributed by atoms with van der Waals surface area (Å²) < 4.78 is 7.63. The maximum Gasteiger partial charge on any atom is 0.145 e. The van der Waals surface area contributed by atoms with Gasteiger partial charge in [-0.15, -0.1) is 0 Å². The number of hydrogen-bond acceptors (Lipinski definition) is 5. The Morgan fingerprint density at radius 1 is 1.20 bits per heavy atom. The van der Waals surface area contributed by atoms with Gasteiger partial charge in [0.05, 0.1) is 18.6 Å². The van der Waals surface area contributed by atoms with E-state index in [1.54, 1.807) is 6.33 Å². The first-order chi connectivity index (χ1) is 9.68. The molecule has 108 valence electrons. The van der Waals surface area contributed by atoms with Crippen LogP contribution in [0.25, 0.3) is 11.0 Å². The fraction of sp³-hybridized carbons (Fsp3) is 0.571. The molecule has 0 bridgehead atoms. The number of hydrogen-bond donors (Lipinski definition) is 1. The lowest BCUT2D eigenvalue weighted by molar-refractivity contribution is 0.0364. The van der Waals surface area contributed by atoms with E-state index in [4.69, 9.17) is 10.5 Å². The Kier molecular flexibility index (Phi) is 3.58. The van der Waals surface area contributed by atoms with Crippen molar-refractivity contribution in [2.75, 3.05) is 38.6 Å². The Hall–Kier alpha value is -1.66. The van der Waals surface area contributed by atoms with Gasteiger partial charge in [-0.2, -0.15) is 0 Å². The Labute approximate surface area is 118 Å². The fourth-order valence-electron chi connectivity index (χ4n) is 2.84. The first kappa shape index (κ1) is 13.3. The summed E-state index contributed by atoms with van der Waals surface area (Å²) in [6.45, 7) is 9.82. The van der Waals surface area contributed by atoms with Crippen LogP contribution in [0.1, 0.15) is 11.3 Å². The molecular weight excluding hydrogens is 254 g/mol. The van der Waals surface area contributed by atoms with Crippen LogP contribution in [0.2, 0.25) is 0 Å². The monoisotopic (exact) mass is 275 g/mol. The number of nitrogen functional groups attached to an aromatic ring is 1. The molecule has 3 rings (SSSR count). The normalized spacial score (nSPS) is 16.9. The van der Waals surface area contributed by atoms with Gasteiger partial charge in [0.1, 0.15) is 17.8 Å². The number of rotatable bonds is 3. The van der Waals surface area contributed by atoms with Gasteiger partial charge in [-0.25, -0.2) is 9.97 Å². The highest BCUT2D eigenvalue weighted by Crippen LogP contribution is 2.26. The first-order valence-corrected chi connectivity index (χ1v) is 7.04. The fourth-order valence-corrected chi connectivity index (χ4v) is 2.84. The predicted molar refractivity (Wildman–Crippen MR) is 78.7 cm³/mol. The summed E-state index contributed by atoms with van der Waals surface area (Å²) in [5.74, 6) is 0.570. The molecule has 0 atom stereocenters. The lowest BCUT2D eigenvalue weighted by atomic mass is 10.2. The van der Waals surface area contributed by atoms with E-state index in [2.05, 4.69) is 33.3 Å². The van der Waals surface area contributed by atoms with E-state index in [1.165, 1.54) is 11.3 Å². The minimum Gasteiger partial charge on any atom is -0.383 e. The Morgan fingerprint density at radius 3 is 2.70 bits per heavy atom. The van der Waals surface area contributed by atoms with E-state index in [0.717, 1.165) is 50.4 Å². The predicted octanol–water partition coefficient (Wildman–Crippen LogP) is 0.963. The SMILES string of the molecule is Cc1c(C)n(CCN2CCOCC2)c2ncnc(N)c12. The smallest absolute Gasteiger partial charge is 0.145 e. The lowest BCUT2D eigenvalue weighted by Crippen LogP contribution is -2.38. The van der Waals surface area contributed by atoms with Gasteiger partial charge in [0, 0.05) is 31.9 Å². The van der Waals surface area contributed by atoms with E-state index in [0.29, 0.717) is 5.82 Å². The van der Waals surface area contributed by atoms with Crippen LogP contribution in [0.3, 0.4) is 0 Å². The van der Waals surface area contributed by atoms with Crippen LogP contribution < -0.4 is 5.73 Å². The number of nitrogens with two attached hydrogens (primary N) is 1. The van der Waals surface area contributed by atoms with Gasteiger partial charge in [-0.1, -0.05) is 0 Å². The minimum absolute atomic E-state index is 0.570. The molecule has 3 heterocycles. The molecule has 1 aliphatic rings. The summed E-state index contributed by atoms with van der Waals surface area (Å²) in [5, 5.41) is 0.993. The van der Waals surface area contributed by atoms with Crippen LogP contribution in [0.4, 0.5) is 5.82 Å². The number of nitrogens with zero attached hydrogens (tertiary/aromatic N) is 4. The van der Waals surface area contributed by atoms with Gasteiger partial charge < -0.3 is 15.0 Å². The van der Waals surface area contributed by atoms with E-state index >= 15 is 0 Å². The van der Waals surface area contributed by atoms with Crippen molar-refractivity contribution in [1.29, 1.82) is 0 Å². The maximum absolute atomic E-state index is 5.99. The molecule has 2 N–H and O–H groups in total. The molecule has 1 fully saturated rings. The molecule has 0 amide bonds. The van der Waals surface area contributed by atoms with Crippen molar-refractivity contribution in [3.63, 3.8) is 0 Å². The third-order valence-electron chi connectivity index (χ3n) is 4.18. The zero-order valence-corrected chi connectivity index (χ0v) is 12.1. The van der Waals surface area contributed by atoms with Crippen LogP contribution in [-0.4, -0.2) is 52.3 Å². The number of morpholine rings is 1. The molecule has 1 saturated heterocycles. The number of ether oxygens (including phenoxy) is 1. The quantitative estimate of drug-likeness (QED) is 0.903. The summed E-state index contributed by atoms with van der Waals surface area (Å²) in [5.41, 5.74) is 9.34. The molecule has 0 unspecified atom stereocenters. The van der Waals surface area contributed by atoms with Gasteiger partial charge in [-0.05, 0) is 19.4 Å². The topological polar surface area (TPSA) is 69.2 Å². The third-order valence-corrected chi connectivity index (χ3v) is 4.18. The molecular formula is C14H21N5O. The summed E-state index contributed by atoms with van der Waals surface area (Å²) in [4.78, 5) is 10.9. The molecule has 2 aromatic heterocycles. The molecule has 6 heteroatoms. The third kappa shape index (κ3) is 2.25. The van der Waals surface area contributed by atoms with Crippen LogP contribution >= 0.6 is 0 Å². The molecule has 0 radical (unpaired) electrons. The molecule has 0 aliphatic carbocycles. The highest BCUT2D eigenvalue weighted by Gasteiger charge is 2.16. The Balaban J connectivity index is 1.87. The van der Waals surface area contributed by atoms with Crippen molar-refractivity contribution in [2.45, 2.75) is 20.4 Å². The van der Waals surface area contributed by atoms with E-state index < -0.39 is 0 Å². The number of aryl methyl sites for hydroxylation is 1. The first-order valence-electron chi connectivity index (χ1n) is 7.04. The van der Waals surface area contributed by atoms with Crippen molar-refractivity contribution in [1.82, 2.24) is 19.4 Å².